The SMILES string of the molecule is CCn1c(-c2cn(CCN)nn2)nc2cc(Br)ccc21. The zero-order valence-electron chi connectivity index (χ0n) is 11.1. The highest BCUT2D eigenvalue weighted by Gasteiger charge is 2.14. The van der Waals surface area contributed by atoms with Crippen molar-refractivity contribution in [1.82, 2.24) is 24.5 Å². The van der Waals surface area contributed by atoms with Crippen molar-refractivity contribution in [3.05, 3.63) is 28.9 Å². The van der Waals surface area contributed by atoms with Gasteiger partial charge in [-0.3, -0.25) is 4.68 Å². The van der Waals surface area contributed by atoms with Crippen molar-refractivity contribution in [2.24, 2.45) is 5.73 Å². The first-order valence-electron chi connectivity index (χ1n) is 6.49. The lowest BCUT2D eigenvalue weighted by Crippen LogP contribution is -2.10. The number of benzene rings is 1. The molecule has 0 atom stereocenters. The fraction of sp³-hybridized carbons (Fsp3) is 0.308. The Hall–Kier alpha value is -1.73. The number of hydrogen-bond donors (Lipinski definition) is 1. The fourth-order valence-corrected chi connectivity index (χ4v) is 2.61. The van der Waals surface area contributed by atoms with Gasteiger partial charge in [-0.15, -0.1) is 5.10 Å². The van der Waals surface area contributed by atoms with E-state index in [0.717, 1.165) is 33.6 Å². The van der Waals surface area contributed by atoms with Crippen LogP contribution in [0.5, 0.6) is 0 Å². The number of halogens is 1. The molecular weight excluding hydrogens is 320 g/mol. The number of aryl methyl sites for hydroxylation is 1. The van der Waals surface area contributed by atoms with Crippen LogP contribution < -0.4 is 5.73 Å². The quantitative estimate of drug-likeness (QED) is 0.792. The minimum absolute atomic E-state index is 0.542. The van der Waals surface area contributed by atoms with Crippen LogP contribution in [0.15, 0.2) is 28.9 Å². The molecule has 0 bridgehead atoms. The summed E-state index contributed by atoms with van der Waals surface area (Å²) in [5.41, 5.74) is 8.34. The van der Waals surface area contributed by atoms with Gasteiger partial charge in [-0.1, -0.05) is 21.1 Å². The summed E-state index contributed by atoms with van der Waals surface area (Å²) in [6, 6.07) is 6.09. The maximum absolute atomic E-state index is 5.53. The van der Waals surface area contributed by atoms with E-state index in [1.165, 1.54) is 0 Å². The summed E-state index contributed by atoms with van der Waals surface area (Å²) in [6.45, 7) is 4.12. The van der Waals surface area contributed by atoms with Crippen molar-refractivity contribution < 1.29 is 0 Å². The summed E-state index contributed by atoms with van der Waals surface area (Å²) in [6.07, 6.45) is 1.88. The maximum atomic E-state index is 5.53. The smallest absolute Gasteiger partial charge is 0.163 e. The lowest BCUT2D eigenvalue weighted by Gasteiger charge is -2.02. The molecule has 0 unspecified atom stereocenters. The van der Waals surface area contributed by atoms with Gasteiger partial charge < -0.3 is 10.3 Å². The highest BCUT2D eigenvalue weighted by Crippen LogP contribution is 2.25. The largest absolute Gasteiger partial charge is 0.329 e. The molecule has 0 spiro atoms. The monoisotopic (exact) mass is 334 g/mol. The van der Waals surface area contributed by atoms with E-state index in [0.29, 0.717) is 13.1 Å². The fourth-order valence-electron chi connectivity index (χ4n) is 2.26. The molecule has 0 aliphatic heterocycles. The van der Waals surface area contributed by atoms with Gasteiger partial charge in [0.1, 0.15) is 5.69 Å². The molecule has 0 aliphatic carbocycles. The van der Waals surface area contributed by atoms with Crippen LogP contribution in [0.3, 0.4) is 0 Å². The first kappa shape index (κ1) is 13.3. The second kappa shape index (κ2) is 5.34. The maximum Gasteiger partial charge on any atom is 0.163 e. The Balaban J connectivity index is 2.13. The summed E-state index contributed by atoms with van der Waals surface area (Å²) in [4.78, 5) is 4.67. The van der Waals surface area contributed by atoms with Crippen LogP contribution in [0.1, 0.15) is 6.92 Å². The first-order chi connectivity index (χ1) is 9.72. The minimum atomic E-state index is 0.542. The van der Waals surface area contributed by atoms with Crippen LogP contribution in [0, 0.1) is 0 Å². The van der Waals surface area contributed by atoms with Crippen molar-refractivity contribution in [2.75, 3.05) is 6.54 Å². The van der Waals surface area contributed by atoms with Gasteiger partial charge in [0.05, 0.1) is 23.8 Å². The third-order valence-corrected chi connectivity index (χ3v) is 3.65. The van der Waals surface area contributed by atoms with Crippen molar-refractivity contribution >= 4 is 27.0 Å². The Morgan fingerprint density at radius 1 is 1.35 bits per heavy atom. The molecule has 3 rings (SSSR count). The topological polar surface area (TPSA) is 74.5 Å². The Labute approximate surface area is 124 Å². The second-order valence-electron chi connectivity index (χ2n) is 4.47. The first-order valence-corrected chi connectivity index (χ1v) is 7.28. The van der Waals surface area contributed by atoms with E-state index in [9.17, 15) is 0 Å². The van der Waals surface area contributed by atoms with Crippen molar-refractivity contribution in [1.29, 1.82) is 0 Å². The van der Waals surface area contributed by atoms with Crippen LogP contribution in [0.2, 0.25) is 0 Å². The highest BCUT2D eigenvalue weighted by atomic mass is 79.9. The van der Waals surface area contributed by atoms with Gasteiger partial charge >= 0.3 is 0 Å². The van der Waals surface area contributed by atoms with Gasteiger partial charge in [0, 0.05) is 17.6 Å². The third kappa shape index (κ3) is 2.23. The molecule has 3 aromatic rings. The number of rotatable bonds is 4. The molecule has 1 aromatic carbocycles. The molecule has 2 heterocycles. The lowest BCUT2D eigenvalue weighted by molar-refractivity contribution is 0.598. The van der Waals surface area contributed by atoms with E-state index >= 15 is 0 Å². The number of nitrogens with zero attached hydrogens (tertiary/aromatic N) is 5. The van der Waals surface area contributed by atoms with E-state index in [1.54, 1.807) is 4.68 Å². The van der Waals surface area contributed by atoms with E-state index in [4.69, 9.17) is 5.73 Å². The number of aromatic nitrogens is 5. The summed E-state index contributed by atoms with van der Waals surface area (Å²) in [5.74, 6) is 0.837. The molecular formula is C13H15BrN6. The summed E-state index contributed by atoms with van der Waals surface area (Å²) >= 11 is 3.47. The molecule has 2 N–H and O–H groups in total. The molecule has 7 heteroatoms. The average molecular weight is 335 g/mol. The Morgan fingerprint density at radius 3 is 2.95 bits per heavy atom. The highest BCUT2D eigenvalue weighted by molar-refractivity contribution is 9.10. The Morgan fingerprint density at radius 2 is 2.20 bits per heavy atom. The number of fused-ring (bicyclic) bond motifs is 1. The van der Waals surface area contributed by atoms with Gasteiger partial charge in [0.25, 0.3) is 0 Å². The second-order valence-corrected chi connectivity index (χ2v) is 5.38. The Bertz CT molecular complexity index is 744. The molecule has 0 amide bonds. The van der Waals surface area contributed by atoms with Gasteiger partial charge in [0.15, 0.2) is 5.82 Å². The molecule has 0 fully saturated rings. The minimum Gasteiger partial charge on any atom is -0.329 e. The number of hydrogen-bond acceptors (Lipinski definition) is 4. The molecule has 0 saturated carbocycles. The van der Waals surface area contributed by atoms with E-state index in [2.05, 4.69) is 48.8 Å². The predicted molar refractivity (Wildman–Crippen MR) is 81.2 cm³/mol. The predicted octanol–water partition coefficient (Wildman–Crippen LogP) is 2.04. The standard InChI is InChI=1S/C13H15BrN6/c1-2-20-12-4-3-9(14)7-10(12)16-13(20)11-8-19(6-5-15)18-17-11/h3-4,7-8H,2,5-6,15H2,1H3. The zero-order valence-corrected chi connectivity index (χ0v) is 12.7. The summed E-state index contributed by atoms with van der Waals surface area (Å²) in [7, 11) is 0. The molecule has 0 saturated heterocycles. The zero-order chi connectivity index (χ0) is 14.1. The molecule has 0 aliphatic rings. The van der Waals surface area contributed by atoms with Gasteiger partial charge in [0.2, 0.25) is 0 Å². The van der Waals surface area contributed by atoms with Crippen LogP contribution >= 0.6 is 15.9 Å². The number of imidazole rings is 1. The molecule has 6 nitrogen and oxygen atoms in total. The van der Waals surface area contributed by atoms with Gasteiger partial charge in [-0.25, -0.2) is 4.98 Å². The molecule has 104 valence electrons. The average Bonchev–Trinajstić information content (AvgIpc) is 3.02. The summed E-state index contributed by atoms with van der Waals surface area (Å²) < 4.78 is 4.90. The Kier molecular flexibility index (Phi) is 3.54. The van der Waals surface area contributed by atoms with Crippen LogP contribution in [-0.2, 0) is 13.1 Å². The van der Waals surface area contributed by atoms with Crippen LogP contribution in [0.25, 0.3) is 22.6 Å². The van der Waals surface area contributed by atoms with Crippen molar-refractivity contribution in [3.63, 3.8) is 0 Å². The van der Waals surface area contributed by atoms with E-state index < -0.39 is 0 Å². The van der Waals surface area contributed by atoms with E-state index in [1.807, 2.05) is 18.3 Å². The van der Waals surface area contributed by atoms with Crippen molar-refractivity contribution in [3.8, 4) is 11.5 Å². The van der Waals surface area contributed by atoms with E-state index in [-0.39, 0.29) is 0 Å². The molecule has 2 aromatic heterocycles. The van der Waals surface area contributed by atoms with Crippen LogP contribution in [0.4, 0.5) is 0 Å². The van der Waals surface area contributed by atoms with Crippen molar-refractivity contribution in [2.45, 2.75) is 20.0 Å². The van der Waals surface area contributed by atoms with Gasteiger partial charge in [-0.2, -0.15) is 0 Å². The van der Waals surface area contributed by atoms with Gasteiger partial charge in [-0.05, 0) is 25.1 Å². The molecule has 20 heavy (non-hydrogen) atoms. The summed E-state index contributed by atoms with van der Waals surface area (Å²) in [5, 5.41) is 8.26. The number of nitrogens with two attached hydrogens (primary N) is 1. The normalized spacial score (nSPS) is 11.3. The molecule has 0 radical (unpaired) electrons. The van der Waals surface area contributed by atoms with Crippen LogP contribution in [-0.4, -0.2) is 31.1 Å². The third-order valence-electron chi connectivity index (χ3n) is 3.15. The lowest BCUT2D eigenvalue weighted by atomic mass is 10.3.